The summed E-state index contributed by atoms with van der Waals surface area (Å²) in [5.74, 6) is 1.35. The molecular weight excluding hydrogens is 509 g/mol. The zero-order valence-corrected chi connectivity index (χ0v) is 22.9. The maximum atomic E-state index is 14.4. The van der Waals surface area contributed by atoms with E-state index in [0.717, 1.165) is 57.7 Å². The first-order valence-electron chi connectivity index (χ1n) is 14.9. The fourth-order valence-corrected chi connectivity index (χ4v) is 8.34. The molecular formula is C30H41F3N2O4. The SMILES string of the molecule is COC1COCCC1C[C@@H]1C[C@H]2OC(C3CCCCC3)C[C@@]2(C(=O)N2CCc3ncc(C(F)(F)F)cc3C2)C1. The van der Waals surface area contributed by atoms with Crippen LogP contribution in [0.5, 0.6) is 0 Å². The Hall–Kier alpha value is -1.71. The first-order chi connectivity index (χ1) is 18.8. The average Bonchev–Trinajstić information content (AvgIpc) is 3.47. The summed E-state index contributed by atoms with van der Waals surface area (Å²) in [4.78, 5) is 20.3. The Morgan fingerprint density at radius 2 is 2.03 bits per heavy atom. The number of ether oxygens (including phenoxy) is 3. The molecule has 9 heteroatoms. The number of hydrogen-bond donors (Lipinski definition) is 0. The molecule has 1 aromatic heterocycles. The summed E-state index contributed by atoms with van der Waals surface area (Å²) in [5.41, 5.74) is -0.163. The number of pyridine rings is 1. The molecule has 0 N–H and O–H groups in total. The van der Waals surface area contributed by atoms with Crippen LogP contribution in [0.3, 0.4) is 0 Å². The molecule has 4 heterocycles. The summed E-state index contributed by atoms with van der Waals surface area (Å²) in [5, 5.41) is 0. The van der Waals surface area contributed by atoms with Gasteiger partial charge in [-0.1, -0.05) is 19.3 Å². The number of rotatable bonds is 5. The Labute approximate surface area is 229 Å². The number of halogens is 3. The molecule has 0 radical (unpaired) electrons. The van der Waals surface area contributed by atoms with Crippen LogP contribution in [0.15, 0.2) is 12.3 Å². The molecule has 0 spiro atoms. The van der Waals surface area contributed by atoms with Crippen LogP contribution in [0.25, 0.3) is 0 Å². The number of fused-ring (bicyclic) bond motifs is 2. The highest BCUT2D eigenvalue weighted by Crippen LogP contribution is 2.57. The standard InChI is InChI=1S/C30H41F3N2O4/c1-37-26-18-38-10-8-21(26)11-19-12-27-29(14-19,15-25(39-27)20-5-3-2-4-6-20)28(36)35-9-7-24-22(17-35)13-23(16-34-24)30(31,32)33/h13,16,19-21,25-27H,2-12,14-15,17-18H2,1H3/t19-,21?,25?,26?,27-,29+/m1/s1. The van der Waals surface area contributed by atoms with Gasteiger partial charge < -0.3 is 19.1 Å². The van der Waals surface area contributed by atoms with Crippen molar-refractivity contribution in [3.8, 4) is 0 Å². The van der Waals surface area contributed by atoms with Gasteiger partial charge in [0.05, 0.1) is 35.9 Å². The van der Waals surface area contributed by atoms with Gasteiger partial charge in [-0.25, -0.2) is 0 Å². The van der Waals surface area contributed by atoms with Crippen LogP contribution in [0.1, 0.15) is 81.0 Å². The van der Waals surface area contributed by atoms with Crippen molar-refractivity contribution < 1.29 is 32.2 Å². The lowest BCUT2D eigenvalue weighted by molar-refractivity contribution is -0.145. The van der Waals surface area contributed by atoms with Gasteiger partial charge >= 0.3 is 6.18 Å². The minimum atomic E-state index is -4.45. The zero-order chi connectivity index (χ0) is 27.2. The van der Waals surface area contributed by atoms with E-state index >= 15 is 0 Å². The van der Waals surface area contributed by atoms with Gasteiger partial charge in [0.15, 0.2) is 0 Å². The van der Waals surface area contributed by atoms with E-state index in [1.807, 2.05) is 0 Å². The van der Waals surface area contributed by atoms with Crippen LogP contribution in [0.2, 0.25) is 0 Å². The maximum absolute atomic E-state index is 14.4. The molecule has 2 saturated heterocycles. The van der Waals surface area contributed by atoms with Crippen molar-refractivity contribution in [2.45, 2.75) is 102 Å². The van der Waals surface area contributed by atoms with Crippen molar-refractivity contribution in [2.75, 3.05) is 26.9 Å². The lowest BCUT2D eigenvalue weighted by Gasteiger charge is -2.37. The molecule has 0 bridgehead atoms. The van der Waals surface area contributed by atoms with Gasteiger partial charge in [-0.15, -0.1) is 0 Å². The molecule has 2 aliphatic carbocycles. The predicted molar refractivity (Wildman–Crippen MR) is 138 cm³/mol. The summed E-state index contributed by atoms with van der Waals surface area (Å²) in [6.07, 6.45) is 7.38. The molecule has 0 aromatic carbocycles. The largest absolute Gasteiger partial charge is 0.417 e. The Morgan fingerprint density at radius 1 is 1.21 bits per heavy atom. The van der Waals surface area contributed by atoms with E-state index in [4.69, 9.17) is 14.2 Å². The molecule has 216 valence electrons. The smallest absolute Gasteiger partial charge is 0.379 e. The van der Waals surface area contributed by atoms with E-state index in [0.29, 0.717) is 48.6 Å². The van der Waals surface area contributed by atoms with Gasteiger partial charge in [0.1, 0.15) is 0 Å². The topological polar surface area (TPSA) is 60.9 Å². The molecule has 3 unspecified atom stereocenters. The third kappa shape index (κ3) is 5.35. The van der Waals surface area contributed by atoms with Gasteiger partial charge in [-0.3, -0.25) is 9.78 Å². The fourth-order valence-electron chi connectivity index (χ4n) is 8.34. The van der Waals surface area contributed by atoms with Gasteiger partial charge in [-0.05, 0) is 74.3 Å². The lowest BCUT2D eigenvalue weighted by Crippen LogP contribution is -2.48. The first kappa shape index (κ1) is 27.5. The number of hydrogen-bond acceptors (Lipinski definition) is 5. The third-order valence-corrected chi connectivity index (χ3v) is 10.4. The van der Waals surface area contributed by atoms with E-state index in [9.17, 15) is 18.0 Å². The molecule has 39 heavy (non-hydrogen) atoms. The number of alkyl halides is 3. The maximum Gasteiger partial charge on any atom is 0.417 e. The molecule has 6 nitrogen and oxygen atoms in total. The Balaban J connectivity index is 1.23. The van der Waals surface area contributed by atoms with Crippen molar-refractivity contribution in [3.05, 3.63) is 29.1 Å². The second-order valence-corrected chi connectivity index (χ2v) is 12.7. The Bertz CT molecular complexity index is 1050. The number of carbonyl (C=O) groups excluding carboxylic acids is 1. The summed E-state index contributed by atoms with van der Waals surface area (Å²) in [6.45, 7) is 2.03. The summed E-state index contributed by atoms with van der Waals surface area (Å²) < 4.78 is 58.3. The zero-order valence-electron chi connectivity index (χ0n) is 22.9. The number of aromatic nitrogens is 1. The van der Waals surface area contributed by atoms with Gasteiger partial charge in [0, 0.05) is 45.1 Å². The minimum Gasteiger partial charge on any atom is -0.379 e. The van der Waals surface area contributed by atoms with Crippen LogP contribution in [-0.2, 0) is 38.1 Å². The van der Waals surface area contributed by atoms with Crippen molar-refractivity contribution >= 4 is 5.91 Å². The van der Waals surface area contributed by atoms with E-state index in [1.165, 1.54) is 25.3 Å². The molecule has 2 saturated carbocycles. The predicted octanol–water partition coefficient (Wildman–Crippen LogP) is 5.56. The number of nitrogens with zero attached hydrogens (tertiary/aromatic N) is 2. The van der Waals surface area contributed by atoms with Crippen LogP contribution in [0, 0.1) is 23.2 Å². The van der Waals surface area contributed by atoms with Crippen LogP contribution in [0.4, 0.5) is 13.2 Å². The number of methoxy groups -OCH3 is 1. The molecule has 6 atom stereocenters. The van der Waals surface area contributed by atoms with E-state index in [1.54, 1.807) is 12.0 Å². The quantitative estimate of drug-likeness (QED) is 0.481. The monoisotopic (exact) mass is 550 g/mol. The van der Waals surface area contributed by atoms with Crippen molar-refractivity contribution in [3.63, 3.8) is 0 Å². The van der Waals surface area contributed by atoms with E-state index in [2.05, 4.69) is 4.98 Å². The molecule has 6 rings (SSSR count). The minimum absolute atomic E-state index is 0.0756. The van der Waals surface area contributed by atoms with Crippen molar-refractivity contribution in [2.24, 2.45) is 23.2 Å². The van der Waals surface area contributed by atoms with E-state index in [-0.39, 0.29) is 30.8 Å². The second-order valence-electron chi connectivity index (χ2n) is 12.7. The van der Waals surface area contributed by atoms with Crippen molar-refractivity contribution in [1.82, 2.24) is 9.88 Å². The molecule has 1 amide bonds. The third-order valence-electron chi connectivity index (χ3n) is 10.4. The summed E-state index contributed by atoms with van der Waals surface area (Å²) in [7, 11) is 1.74. The molecule has 4 fully saturated rings. The Morgan fingerprint density at radius 3 is 2.79 bits per heavy atom. The van der Waals surface area contributed by atoms with Crippen LogP contribution in [-0.4, -0.2) is 61.0 Å². The summed E-state index contributed by atoms with van der Waals surface area (Å²) in [6, 6.07) is 1.18. The highest BCUT2D eigenvalue weighted by atomic mass is 19.4. The van der Waals surface area contributed by atoms with Gasteiger partial charge in [0.2, 0.25) is 5.91 Å². The summed E-state index contributed by atoms with van der Waals surface area (Å²) >= 11 is 0. The fraction of sp³-hybridized carbons (Fsp3) is 0.800. The molecule has 3 aliphatic heterocycles. The second kappa shape index (κ2) is 10.9. The number of amides is 1. The number of carbonyl (C=O) groups is 1. The van der Waals surface area contributed by atoms with Gasteiger partial charge in [-0.2, -0.15) is 13.2 Å². The van der Waals surface area contributed by atoms with Crippen LogP contribution < -0.4 is 0 Å². The lowest BCUT2D eigenvalue weighted by atomic mass is 9.74. The molecule has 1 aromatic rings. The van der Waals surface area contributed by atoms with E-state index < -0.39 is 17.2 Å². The highest BCUT2D eigenvalue weighted by molar-refractivity contribution is 5.84. The Kier molecular flexibility index (Phi) is 7.70. The van der Waals surface area contributed by atoms with Crippen molar-refractivity contribution in [1.29, 1.82) is 0 Å². The molecule has 5 aliphatic rings. The highest BCUT2D eigenvalue weighted by Gasteiger charge is 2.61. The first-order valence-corrected chi connectivity index (χ1v) is 14.9. The van der Waals surface area contributed by atoms with Crippen LogP contribution >= 0.6 is 0 Å². The average molecular weight is 551 g/mol. The van der Waals surface area contributed by atoms with Gasteiger partial charge in [0.25, 0.3) is 0 Å². The normalized spacial score (nSPS) is 35.6.